The Morgan fingerprint density at radius 3 is 1.91 bits per heavy atom. The molecule has 5 nitrogen and oxygen atoms in total. The number of carbonyl (C=O) groups excluding carboxylic acids is 3. The molecule has 33 heavy (non-hydrogen) atoms. The summed E-state index contributed by atoms with van der Waals surface area (Å²) in [6, 6.07) is 17.2. The molecule has 1 aliphatic carbocycles. The number of ketones is 2. The molecule has 0 spiro atoms. The van der Waals surface area contributed by atoms with Gasteiger partial charge in [-0.05, 0) is 36.8 Å². The van der Waals surface area contributed by atoms with Crippen molar-refractivity contribution in [1.29, 1.82) is 0 Å². The van der Waals surface area contributed by atoms with Gasteiger partial charge in [0.2, 0.25) is 17.2 Å². The van der Waals surface area contributed by atoms with E-state index in [1.54, 1.807) is 12.1 Å². The number of rotatable bonds is 5. The van der Waals surface area contributed by atoms with Gasteiger partial charge in [0.1, 0.15) is 0 Å². The number of fused-ring (bicyclic) bond motifs is 1. The van der Waals surface area contributed by atoms with Gasteiger partial charge in [0.05, 0.1) is 5.56 Å². The minimum absolute atomic E-state index is 0.0963. The summed E-state index contributed by atoms with van der Waals surface area (Å²) < 4.78 is 38.6. The lowest BCUT2D eigenvalue weighted by molar-refractivity contribution is -0.137. The van der Waals surface area contributed by atoms with Crippen molar-refractivity contribution in [3.05, 3.63) is 106 Å². The van der Waals surface area contributed by atoms with Crippen LogP contribution >= 0.6 is 0 Å². The predicted octanol–water partition coefficient (Wildman–Crippen LogP) is 4.31. The Morgan fingerprint density at radius 2 is 1.39 bits per heavy atom. The Hall–Kier alpha value is -3.78. The molecule has 0 unspecified atom stereocenters. The number of benzene rings is 3. The van der Waals surface area contributed by atoms with Gasteiger partial charge in [-0.2, -0.15) is 13.2 Å². The molecule has 8 heteroatoms. The lowest BCUT2D eigenvalue weighted by Gasteiger charge is -2.28. The van der Waals surface area contributed by atoms with Crippen LogP contribution in [0.1, 0.15) is 47.8 Å². The molecule has 168 valence electrons. The summed E-state index contributed by atoms with van der Waals surface area (Å²) >= 11 is 0. The quantitative estimate of drug-likeness (QED) is 0.447. The van der Waals surface area contributed by atoms with E-state index in [9.17, 15) is 27.6 Å². The van der Waals surface area contributed by atoms with Gasteiger partial charge >= 0.3 is 6.18 Å². The van der Waals surface area contributed by atoms with Gasteiger partial charge in [-0.25, -0.2) is 0 Å². The van der Waals surface area contributed by atoms with Gasteiger partial charge in [-0.15, -0.1) is 0 Å². The molecule has 0 aliphatic heterocycles. The van der Waals surface area contributed by atoms with Crippen molar-refractivity contribution in [2.24, 2.45) is 0 Å². The van der Waals surface area contributed by atoms with Gasteiger partial charge < -0.3 is 5.32 Å². The van der Waals surface area contributed by atoms with E-state index < -0.39 is 34.9 Å². The van der Waals surface area contributed by atoms with E-state index in [-0.39, 0.29) is 23.2 Å². The normalized spacial score (nSPS) is 14.8. The minimum Gasteiger partial charge on any atom is -0.321 e. The van der Waals surface area contributed by atoms with Gasteiger partial charge in [0.25, 0.3) is 5.91 Å². The minimum atomic E-state index is -4.55. The highest BCUT2D eigenvalue weighted by atomic mass is 19.4. The molecule has 1 amide bonds. The first-order valence-corrected chi connectivity index (χ1v) is 10.1. The zero-order valence-corrected chi connectivity index (χ0v) is 17.5. The number of hydrogen-bond acceptors (Lipinski definition) is 4. The number of amides is 1. The molecule has 0 atom stereocenters. The molecule has 0 saturated carbocycles. The largest absolute Gasteiger partial charge is 0.416 e. The van der Waals surface area contributed by atoms with E-state index in [0.717, 1.165) is 35.4 Å². The average molecular weight is 452 g/mol. The van der Waals surface area contributed by atoms with Crippen LogP contribution < -0.4 is 10.6 Å². The van der Waals surface area contributed by atoms with Crippen LogP contribution in [0.5, 0.6) is 0 Å². The van der Waals surface area contributed by atoms with Crippen molar-refractivity contribution in [1.82, 2.24) is 10.6 Å². The highest BCUT2D eigenvalue weighted by molar-refractivity contribution is 6.33. The lowest BCUT2D eigenvalue weighted by Crippen LogP contribution is -2.66. The van der Waals surface area contributed by atoms with E-state index in [1.807, 2.05) is 31.2 Å². The molecule has 0 bridgehead atoms. The second kappa shape index (κ2) is 8.29. The molecular formula is C25H19F3N2O3. The van der Waals surface area contributed by atoms with Crippen LogP contribution in [0.25, 0.3) is 0 Å². The standard InChI is InChI=1S/C25H19F3N2O3/c1-15-6-8-16(9-7-15)14-29-24(21(31)19-4-2-3-5-20(19)22(24)32)30-23(33)17-10-12-18(13-11-17)25(26,27)28/h2-13,29H,14H2,1H3,(H,30,33). The molecule has 0 radical (unpaired) electrons. The van der Waals surface area contributed by atoms with Crippen LogP contribution in [0.4, 0.5) is 13.2 Å². The number of halogens is 3. The van der Waals surface area contributed by atoms with Crippen molar-refractivity contribution in [2.45, 2.75) is 25.3 Å². The zero-order valence-electron chi connectivity index (χ0n) is 17.5. The molecule has 1 aliphatic rings. The Kier molecular flexibility index (Phi) is 5.63. The summed E-state index contributed by atoms with van der Waals surface area (Å²) in [5.74, 6) is -2.11. The van der Waals surface area contributed by atoms with E-state index in [4.69, 9.17) is 0 Å². The van der Waals surface area contributed by atoms with Crippen molar-refractivity contribution < 1.29 is 27.6 Å². The number of nitrogens with one attached hydrogen (secondary N) is 2. The second-order valence-corrected chi connectivity index (χ2v) is 7.82. The Morgan fingerprint density at radius 1 is 0.848 bits per heavy atom. The SMILES string of the molecule is Cc1ccc(CNC2(NC(=O)c3ccc(C(F)(F)F)cc3)C(=O)c3ccccc3C2=O)cc1. The highest BCUT2D eigenvalue weighted by Crippen LogP contribution is 2.31. The van der Waals surface area contributed by atoms with Crippen molar-refractivity contribution in [3.8, 4) is 0 Å². The van der Waals surface area contributed by atoms with Gasteiger partial charge in [0.15, 0.2) is 0 Å². The third-order valence-electron chi connectivity index (χ3n) is 5.55. The van der Waals surface area contributed by atoms with Crippen LogP contribution in [-0.2, 0) is 12.7 Å². The van der Waals surface area contributed by atoms with Crippen LogP contribution in [-0.4, -0.2) is 23.1 Å². The van der Waals surface area contributed by atoms with Crippen molar-refractivity contribution in [3.63, 3.8) is 0 Å². The van der Waals surface area contributed by atoms with E-state index in [2.05, 4.69) is 10.6 Å². The number of Topliss-reactive ketones (excluding diaryl/α,β-unsaturated/α-hetero) is 2. The van der Waals surface area contributed by atoms with Crippen LogP contribution in [0, 0.1) is 6.92 Å². The number of aryl methyl sites for hydroxylation is 1. The summed E-state index contributed by atoms with van der Waals surface area (Å²) in [6.07, 6.45) is -4.55. The summed E-state index contributed by atoms with van der Waals surface area (Å²) in [7, 11) is 0. The van der Waals surface area contributed by atoms with Crippen LogP contribution in [0.15, 0.2) is 72.8 Å². The number of hydrogen-bond donors (Lipinski definition) is 2. The fourth-order valence-corrected chi connectivity index (χ4v) is 3.70. The average Bonchev–Trinajstić information content (AvgIpc) is 3.00. The molecule has 3 aromatic rings. The smallest absolute Gasteiger partial charge is 0.321 e. The van der Waals surface area contributed by atoms with Gasteiger partial charge in [-0.3, -0.25) is 19.7 Å². The van der Waals surface area contributed by atoms with E-state index in [1.165, 1.54) is 12.1 Å². The maximum absolute atomic E-state index is 13.3. The first kappa shape index (κ1) is 22.4. The molecule has 2 N–H and O–H groups in total. The predicted molar refractivity (Wildman–Crippen MR) is 115 cm³/mol. The Labute approximate surface area is 187 Å². The topological polar surface area (TPSA) is 75.3 Å². The van der Waals surface area contributed by atoms with Gasteiger partial charge in [-0.1, -0.05) is 54.1 Å². The first-order chi connectivity index (χ1) is 15.6. The summed E-state index contributed by atoms with van der Waals surface area (Å²) in [6.45, 7) is 2.02. The van der Waals surface area contributed by atoms with Crippen molar-refractivity contribution in [2.75, 3.05) is 0 Å². The van der Waals surface area contributed by atoms with Crippen molar-refractivity contribution >= 4 is 17.5 Å². The third-order valence-corrected chi connectivity index (χ3v) is 5.55. The molecule has 0 fully saturated rings. The number of carbonyl (C=O) groups is 3. The first-order valence-electron chi connectivity index (χ1n) is 10.1. The molecule has 0 aromatic heterocycles. The zero-order chi connectivity index (χ0) is 23.8. The van der Waals surface area contributed by atoms with Crippen LogP contribution in [0.2, 0.25) is 0 Å². The fraction of sp³-hybridized carbons (Fsp3) is 0.160. The summed E-state index contributed by atoms with van der Waals surface area (Å²) in [4.78, 5) is 39.5. The maximum atomic E-state index is 13.3. The van der Waals surface area contributed by atoms with E-state index in [0.29, 0.717) is 0 Å². The third kappa shape index (κ3) is 4.17. The summed E-state index contributed by atoms with van der Waals surface area (Å²) in [5.41, 5.74) is -0.972. The summed E-state index contributed by atoms with van der Waals surface area (Å²) in [5, 5.41) is 5.37. The van der Waals surface area contributed by atoms with E-state index >= 15 is 0 Å². The lowest BCUT2D eigenvalue weighted by atomic mass is 10.0. The molecule has 0 saturated heterocycles. The second-order valence-electron chi connectivity index (χ2n) is 7.82. The fourth-order valence-electron chi connectivity index (χ4n) is 3.70. The Balaban J connectivity index is 1.66. The Bertz CT molecular complexity index is 1200. The van der Waals surface area contributed by atoms with Crippen LogP contribution in [0.3, 0.4) is 0 Å². The molecule has 4 rings (SSSR count). The maximum Gasteiger partial charge on any atom is 0.416 e. The monoisotopic (exact) mass is 452 g/mol. The molecule has 0 heterocycles. The molecular weight excluding hydrogens is 433 g/mol. The number of alkyl halides is 3. The highest BCUT2D eigenvalue weighted by Gasteiger charge is 2.54. The van der Waals surface area contributed by atoms with Gasteiger partial charge in [0, 0.05) is 23.2 Å². The molecule has 3 aromatic carbocycles.